The maximum absolute atomic E-state index is 12.0. The van der Waals surface area contributed by atoms with Crippen LogP contribution in [0.3, 0.4) is 0 Å². The van der Waals surface area contributed by atoms with Crippen LogP contribution >= 0.6 is 0 Å². The minimum Gasteiger partial charge on any atom is -0.343 e. The van der Waals surface area contributed by atoms with E-state index in [0.29, 0.717) is 6.42 Å². The largest absolute Gasteiger partial charge is 0.343 e. The Hall–Kier alpha value is -1.36. The maximum atomic E-state index is 12.0. The van der Waals surface area contributed by atoms with Crippen LogP contribution in [0.4, 0.5) is 0 Å². The minimum absolute atomic E-state index is 0.288. The van der Waals surface area contributed by atoms with Crippen molar-refractivity contribution in [3.8, 4) is 0 Å². The number of likely N-dealkylation sites (tertiary alicyclic amines) is 1. The molecule has 5 heteroatoms. The summed E-state index contributed by atoms with van der Waals surface area (Å²) in [5, 5.41) is 7.76. The lowest BCUT2D eigenvalue weighted by molar-refractivity contribution is -0.131. The lowest BCUT2D eigenvalue weighted by Gasteiger charge is -2.26. The van der Waals surface area contributed by atoms with Gasteiger partial charge in [-0.05, 0) is 31.7 Å². The fraction of sp³-hybridized carbons (Fsp3) is 0.733. The number of hydrogen-bond donors (Lipinski definition) is 1. The van der Waals surface area contributed by atoms with Crippen LogP contribution in [-0.4, -0.2) is 40.2 Å². The number of nitrogens with one attached hydrogen (secondary N) is 1. The van der Waals surface area contributed by atoms with E-state index in [1.807, 2.05) is 16.6 Å². The zero-order chi connectivity index (χ0) is 14.4. The Kier molecular flexibility index (Phi) is 5.59. The Morgan fingerprint density at radius 3 is 2.75 bits per heavy atom. The molecule has 20 heavy (non-hydrogen) atoms. The molecular formula is C15H26N4O. The van der Waals surface area contributed by atoms with Gasteiger partial charge < -0.3 is 10.2 Å². The van der Waals surface area contributed by atoms with Gasteiger partial charge in [-0.1, -0.05) is 6.92 Å². The predicted octanol–water partition coefficient (Wildman–Crippen LogP) is 1.47. The molecule has 0 bridgehead atoms. The van der Waals surface area contributed by atoms with Crippen LogP contribution in [0.2, 0.25) is 0 Å². The number of amides is 1. The highest BCUT2D eigenvalue weighted by molar-refractivity contribution is 5.76. The van der Waals surface area contributed by atoms with E-state index in [1.54, 1.807) is 0 Å². The van der Waals surface area contributed by atoms with Gasteiger partial charge in [0.05, 0.1) is 11.4 Å². The normalized spacial score (nSPS) is 15.6. The standard InChI is InChI=1S/C15H26N4O/c1-3-13-11-14(18(2)17-13)12-16-8-7-15(20)19-9-5-4-6-10-19/h11,16H,3-10,12H2,1-2H3. The number of aryl methyl sites for hydroxylation is 2. The number of rotatable bonds is 6. The molecule has 1 saturated heterocycles. The molecule has 0 saturated carbocycles. The van der Waals surface area contributed by atoms with Crippen molar-refractivity contribution >= 4 is 5.91 Å². The monoisotopic (exact) mass is 278 g/mol. The van der Waals surface area contributed by atoms with Gasteiger partial charge >= 0.3 is 0 Å². The third-order valence-electron chi connectivity index (χ3n) is 3.92. The smallest absolute Gasteiger partial charge is 0.223 e. The van der Waals surface area contributed by atoms with Crippen molar-refractivity contribution < 1.29 is 4.79 Å². The fourth-order valence-electron chi connectivity index (χ4n) is 2.62. The molecule has 112 valence electrons. The maximum Gasteiger partial charge on any atom is 0.223 e. The van der Waals surface area contributed by atoms with Gasteiger partial charge in [-0.25, -0.2) is 0 Å². The lowest BCUT2D eigenvalue weighted by Crippen LogP contribution is -2.37. The molecule has 1 fully saturated rings. The zero-order valence-electron chi connectivity index (χ0n) is 12.7. The van der Waals surface area contributed by atoms with Crippen LogP contribution in [0.5, 0.6) is 0 Å². The van der Waals surface area contributed by atoms with E-state index in [2.05, 4.69) is 23.4 Å². The Morgan fingerprint density at radius 2 is 2.10 bits per heavy atom. The number of hydrogen-bond acceptors (Lipinski definition) is 3. The van der Waals surface area contributed by atoms with E-state index in [1.165, 1.54) is 12.1 Å². The highest BCUT2D eigenvalue weighted by Gasteiger charge is 2.15. The molecular weight excluding hydrogens is 252 g/mol. The minimum atomic E-state index is 0.288. The first-order valence-electron chi connectivity index (χ1n) is 7.71. The molecule has 1 aliphatic rings. The summed E-state index contributed by atoms with van der Waals surface area (Å²) in [7, 11) is 1.97. The Labute approximate surface area is 121 Å². The average Bonchev–Trinajstić information content (AvgIpc) is 2.85. The van der Waals surface area contributed by atoms with E-state index < -0.39 is 0 Å². The third-order valence-corrected chi connectivity index (χ3v) is 3.92. The lowest BCUT2D eigenvalue weighted by atomic mass is 10.1. The Bertz CT molecular complexity index is 435. The fourth-order valence-corrected chi connectivity index (χ4v) is 2.62. The average molecular weight is 278 g/mol. The molecule has 0 unspecified atom stereocenters. The van der Waals surface area contributed by atoms with Gasteiger partial charge in [-0.3, -0.25) is 9.48 Å². The van der Waals surface area contributed by atoms with Crippen molar-refractivity contribution in [2.75, 3.05) is 19.6 Å². The molecule has 5 nitrogen and oxygen atoms in total. The van der Waals surface area contributed by atoms with Crippen LogP contribution in [0.1, 0.15) is 44.0 Å². The van der Waals surface area contributed by atoms with Crippen LogP contribution in [0.25, 0.3) is 0 Å². The first kappa shape index (κ1) is 15.0. The van der Waals surface area contributed by atoms with E-state index in [9.17, 15) is 4.79 Å². The summed E-state index contributed by atoms with van der Waals surface area (Å²) in [6.07, 6.45) is 5.14. The molecule has 1 aromatic rings. The van der Waals surface area contributed by atoms with Crippen molar-refractivity contribution in [1.29, 1.82) is 0 Å². The SMILES string of the molecule is CCc1cc(CNCCC(=O)N2CCCCC2)n(C)n1. The second-order valence-electron chi connectivity index (χ2n) is 5.47. The number of carbonyl (C=O) groups is 1. The van der Waals surface area contributed by atoms with Gasteiger partial charge in [0.2, 0.25) is 5.91 Å². The predicted molar refractivity (Wildman–Crippen MR) is 79.3 cm³/mol. The van der Waals surface area contributed by atoms with Crippen molar-refractivity contribution in [3.05, 3.63) is 17.5 Å². The molecule has 0 aliphatic carbocycles. The van der Waals surface area contributed by atoms with Crippen LogP contribution < -0.4 is 5.32 Å². The molecule has 1 aliphatic heterocycles. The first-order chi connectivity index (χ1) is 9.70. The molecule has 0 atom stereocenters. The van der Waals surface area contributed by atoms with Crippen molar-refractivity contribution in [3.63, 3.8) is 0 Å². The topological polar surface area (TPSA) is 50.2 Å². The van der Waals surface area contributed by atoms with E-state index in [0.717, 1.165) is 51.1 Å². The molecule has 1 N–H and O–H groups in total. The third kappa shape index (κ3) is 4.07. The second-order valence-corrected chi connectivity index (χ2v) is 5.47. The Morgan fingerprint density at radius 1 is 1.35 bits per heavy atom. The van der Waals surface area contributed by atoms with Crippen LogP contribution in [0, 0.1) is 0 Å². The summed E-state index contributed by atoms with van der Waals surface area (Å²) in [4.78, 5) is 14.0. The van der Waals surface area contributed by atoms with E-state index in [4.69, 9.17) is 0 Å². The van der Waals surface area contributed by atoms with Crippen molar-refractivity contribution in [2.45, 2.75) is 45.6 Å². The van der Waals surface area contributed by atoms with E-state index >= 15 is 0 Å². The molecule has 2 heterocycles. The van der Waals surface area contributed by atoms with Crippen molar-refractivity contribution in [2.24, 2.45) is 7.05 Å². The molecule has 0 spiro atoms. The second kappa shape index (κ2) is 7.43. The highest BCUT2D eigenvalue weighted by atomic mass is 16.2. The van der Waals surface area contributed by atoms with Gasteiger partial charge in [-0.15, -0.1) is 0 Å². The van der Waals surface area contributed by atoms with Crippen LogP contribution in [0.15, 0.2) is 6.07 Å². The summed E-state index contributed by atoms with van der Waals surface area (Å²) in [6.45, 7) is 5.51. The molecule has 0 radical (unpaired) electrons. The van der Waals surface area contributed by atoms with E-state index in [-0.39, 0.29) is 5.91 Å². The molecule has 2 rings (SSSR count). The van der Waals surface area contributed by atoms with Gasteiger partial charge in [0.1, 0.15) is 0 Å². The van der Waals surface area contributed by atoms with Gasteiger partial charge in [0.15, 0.2) is 0 Å². The van der Waals surface area contributed by atoms with Gasteiger partial charge in [-0.2, -0.15) is 5.10 Å². The molecule has 0 aromatic carbocycles. The van der Waals surface area contributed by atoms with Gasteiger partial charge in [0, 0.05) is 39.6 Å². The Balaban J connectivity index is 1.67. The number of piperidine rings is 1. The summed E-state index contributed by atoms with van der Waals surface area (Å²) in [6, 6.07) is 2.12. The molecule has 1 aromatic heterocycles. The zero-order valence-corrected chi connectivity index (χ0v) is 12.7. The summed E-state index contributed by atoms with van der Waals surface area (Å²) >= 11 is 0. The highest BCUT2D eigenvalue weighted by Crippen LogP contribution is 2.09. The number of aromatic nitrogens is 2. The van der Waals surface area contributed by atoms with Crippen molar-refractivity contribution in [1.82, 2.24) is 20.0 Å². The van der Waals surface area contributed by atoms with Crippen LogP contribution in [-0.2, 0) is 24.8 Å². The first-order valence-corrected chi connectivity index (χ1v) is 7.71. The summed E-state index contributed by atoms with van der Waals surface area (Å²) in [5.41, 5.74) is 2.29. The summed E-state index contributed by atoms with van der Waals surface area (Å²) in [5.74, 6) is 0.288. The van der Waals surface area contributed by atoms with Gasteiger partial charge in [0.25, 0.3) is 0 Å². The quantitative estimate of drug-likeness (QED) is 0.802. The molecule has 1 amide bonds. The number of nitrogens with zero attached hydrogens (tertiary/aromatic N) is 3. The summed E-state index contributed by atoms with van der Waals surface area (Å²) < 4.78 is 1.91. The number of carbonyl (C=O) groups excluding carboxylic acids is 1.